The molecule has 2 aromatic carbocycles. The molecule has 0 bridgehead atoms. The molecule has 3 aromatic heterocycles. The number of hydrogen-bond donors (Lipinski definition) is 1. The smallest absolute Gasteiger partial charge is 0.412 e. The Hall–Kier alpha value is -4.38. The number of rotatable bonds is 6. The number of nitrogens with one attached hydrogen (secondary N) is 1. The monoisotopic (exact) mass is 561 g/mol. The van der Waals surface area contributed by atoms with Gasteiger partial charge in [0.1, 0.15) is 28.8 Å². The van der Waals surface area contributed by atoms with Crippen molar-refractivity contribution in [2.24, 2.45) is 0 Å². The van der Waals surface area contributed by atoms with Crippen molar-refractivity contribution in [2.45, 2.75) is 45.3 Å². The molecule has 11 heteroatoms. The zero-order valence-electron chi connectivity index (χ0n) is 22.1. The highest BCUT2D eigenvalue weighted by Crippen LogP contribution is 2.38. The van der Waals surface area contributed by atoms with Gasteiger partial charge in [0.15, 0.2) is 11.6 Å². The Morgan fingerprint density at radius 1 is 1.05 bits per heavy atom. The molecule has 0 aliphatic heterocycles. The third-order valence-electron chi connectivity index (χ3n) is 6.77. The summed E-state index contributed by atoms with van der Waals surface area (Å²) in [5.41, 5.74) is 3.68. The van der Waals surface area contributed by atoms with Crippen LogP contribution < -0.4 is 14.8 Å². The van der Waals surface area contributed by atoms with E-state index in [0.717, 1.165) is 38.2 Å². The molecule has 1 N–H and O–H groups in total. The van der Waals surface area contributed by atoms with Crippen LogP contribution in [0.4, 0.5) is 14.9 Å². The molecule has 1 aliphatic carbocycles. The summed E-state index contributed by atoms with van der Waals surface area (Å²) < 4.78 is 33.0. The molecule has 1 amide bonds. The van der Waals surface area contributed by atoms with E-state index in [0.29, 0.717) is 35.6 Å². The number of anilines is 1. The minimum Gasteiger partial charge on any atom is -0.495 e. The van der Waals surface area contributed by atoms with Crippen LogP contribution in [-0.2, 0) is 4.74 Å². The van der Waals surface area contributed by atoms with E-state index < -0.39 is 24.1 Å². The SMILES string of the molecule is COc1cnc2c(-c3nc4cc(F)c(O[C@@H]5CCC[C@@H]5OC(=O)Nc5cnc(C)nc5)cc4s3)cc(C)cc2c1.[HH]. The molecule has 0 spiro atoms. The summed E-state index contributed by atoms with van der Waals surface area (Å²) >= 11 is 1.44. The van der Waals surface area contributed by atoms with Gasteiger partial charge in [0.05, 0.1) is 47.1 Å². The Morgan fingerprint density at radius 2 is 1.85 bits per heavy atom. The number of pyridine rings is 1. The first-order chi connectivity index (χ1) is 19.4. The molecule has 40 heavy (non-hydrogen) atoms. The van der Waals surface area contributed by atoms with Gasteiger partial charge in [0.2, 0.25) is 0 Å². The minimum atomic E-state index is -0.632. The summed E-state index contributed by atoms with van der Waals surface area (Å²) in [5.74, 6) is 0.855. The zero-order valence-corrected chi connectivity index (χ0v) is 22.9. The zero-order chi connectivity index (χ0) is 27.8. The third kappa shape index (κ3) is 5.24. The molecular weight excluding hydrogens is 533 g/mol. The van der Waals surface area contributed by atoms with Crippen LogP contribution in [-0.4, -0.2) is 45.3 Å². The van der Waals surface area contributed by atoms with E-state index in [1.807, 2.05) is 25.1 Å². The first-order valence-corrected chi connectivity index (χ1v) is 13.7. The second-order valence-electron chi connectivity index (χ2n) is 9.70. The highest BCUT2D eigenvalue weighted by Gasteiger charge is 2.33. The fraction of sp³-hybridized carbons (Fsp3) is 0.276. The molecule has 1 saturated carbocycles. The normalized spacial score (nSPS) is 16.8. The molecule has 9 nitrogen and oxygen atoms in total. The van der Waals surface area contributed by atoms with Gasteiger partial charge in [0.25, 0.3) is 0 Å². The fourth-order valence-electron chi connectivity index (χ4n) is 4.86. The van der Waals surface area contributed by atoms with E-state index >= 15 is 4.39 Å². The van der Waals surface area contributed by atoms with Gasteiger partial charge in [-0.1, -0.05) is 0 Å². The van der Waals surface area contributed by atoms with Gasteiger partial charge in [0, 0.05) is 24.5 Å². The summed E-state index contributed by atoms with van der Waals surface area (Å²) in [6.45, 7) is 3.77. The van der Waals surface area contributed by atoms with Crippen molar-refractivity contribution in [3.8, 4) is 22.1 Å². The van der Waals surface area contributed by atoms with Crippen molar-refractivity contribution in [1.82, 2.24) is 19.9 Å². The topological polar surface area (TPSA) is 108 Å². The minimum absolute atomic E-state index is 0. The maximum Gasteiger partial charge on any atom is 0.412 e. The van der Waals surface area contributed by atoms with Crippen molar-refractivity contribution >= 4 is 44.2 Å². The van der Waals surface area contributed by atoms with Gasteiger partial charge >= 0.3 is 6.09 Å². The first kappa shape index (κ1) is 25.9. The van der Waals surface area contributed by atoms with E-state index in [4.69, 9.17) is 19.2 Å². The predicted octanol–water partition coefficient (Wildman–Crippen LogP) is 6.86. The largest absolute Gasteiger partial charge is 0.495 e. The van der Waals surface area contributed by atoms with Crippen LogP contribution in [0.2, 0.25) is 0 Å². The van der Waals surface area contributed by atoms with Gasteiger partial charge in [-0.25, -0.2) is 24.1 Å². The van der Waals surface area contributed by atoms with Crippen LogP contribution in [0.15, 0.2) is 48.9 Å². The standard InChI is InChI=1S/C29H26FN5O4S.H2/c1-15-7-17-9-19(37-3)14-33-27(17)20(8-15)28-35-22-10-21(30)25(11-26(22)40-28)38-23-5-4-6-24(23)39-29(36)34-18-12-31-16(2)32-13-18;/h7-14,23-24H,4-6H2,1-3H3,(H,34,36);1H/t23-,24+;/m1./s1. The van der Waals surface area contributed by atoms with Gasteiger partial charge in [-0.15, -0.1) is 11.3 Å². The van der Waals surface area contributed by atoms with Crippen LogP contribution in [0.25, 0.3) is 31.7 Å². The second-order valence-corrected chi connectivity index (χ2v) is 10.7. The number of ether oxygens (including phenoxy) is 3. The number of thiazole rings is 1. The molecule has 2 atom stereocenters. The average molecular weight is 562 g/mol. The van der Waals surface area contributed by atoms with Crippen LogP contribution in [0.3, 0.4) is 0 Å². The Labute approximate surface area is 234 Å². The molecule has 0 unspecified atom stereocenters. The predicted molar refractivity (Wildman–Crippen MR) is 153 cm³/mol. The van der Waals surface area contributed by atoms with Crippen molar-refractivity contribution < 1.29 is 24.8 Å². The van der Waals surface area contributed by atoms with Crippen LogP contribution >= 0.6 is 11.3 Å². The Bertz CT molecular complexity index is 1730. The third-order valence-corrected chi connectivity index (χ3v) is 7.82. The number of nitrogens with zero attached hydrogens (tertiary/aromatic N) is 4. The highest BCUT2D eigenvalue weighted by molar-refractivity contribution is 7.21. The van der Waals surface area contributed by atoms with Gasteiger partial charge in [-0.3, -0.25) is 10.3 Å². The van der Waals surface area contributed by atoms with E-state index in [9.17, 15) is 4.79 Å². The summed E-state index contributed by atoms with van der Waals surface area (Å²) in [4.78, 5) is 29.9. The van der Waals surface area contributed by atoms with E-state index in [1.54, 1.807) is 26.3 Å². The van der Waals surface area contributed by atoms with Crippen molar-refractivity contribution in [3.05, 3.63) is 66.1 Å². The van der Waals surface area contributed by atoms with E-state index in [-0.39, 0.29) is 7.18 Å². The summed E-state index contributed by atoms with van der Waals surface area (Å²) in [6.07, 6.45) is 5.13. The van der Waals surface area contributed by atoms with Crippen LogP contribution in [0, 0.1) is 19.7 Å². The quantitative estimate of drug-likeness (QED) is 0.240. The van der Waals surface area contributed by atoms with Crippen LogP contribution in [0.5, 0.6) is 11.5 Å². The lowest BCUT2D eigenvalue weighted by atomic mass is 10.1. The van der Waals surface area contributed by atoms with Crippen molar-refractivity contribution in [1.29, 1.82) is 0 Å². The number of amides is 1. The maximum absolute atomic E-state index is 15.2. The summed E-state index contributed by atoms with van der Waals surface area (Å²) in [6, 6.07) is 9.06. The Kier molecular flexibility index (Phi) is 6.89. The van der Waals surface area contributed by atoms with Crippen molar-refractivity contribution in [2.75, 3.05) is 12.4 Å². The molecule has 1 fully saturated rings. The molecule has 3 heterocycles. The number of benzene rings is 2. The lowest BCUT2D eigenvalue weighted by molar-refractivity contribution is 0.0400. The number of hydrogen-bond acceptors (Lipinski definition) is 9. The number of aromatic nitrogens is 4. The van der Waals surface area contributed by atoms with Gasteiger partial charge < -0.3 is 14.2 Å². The lowest BCUT2D eigenvalue weighted by Gasteiger charge is -2.22. The first-order valence-electron chi connectivity index (χ1n) is 12.8. The number of fused-ring (bicyclic) bond motifs is 2. The molecule has 6 rings (SSSR count). The van der Waals surface area contributed by atoms with Crippen molar-refractivity contribution in [3.63, 3.8) is 0 Å². The Balaban J connectivity index is 0.00000337. The number of methoxy groups -OCH3 is 1. The fourth-order valence-corrected chi connectivity index (χ4v) is 5.85. The average Bonchev–Trinajstić information content (AvgIpc) is 3.55. The number of aryl methyl sites for hydroxylation is 2. The number of carbonyl (C=O) groups excluding carboxylic acids is 1. The molecular formula is C29H28FN5O4S. The highest BCUT2D eigenvalue weighted by atomic mass is 32.1. The van der Waals surface area contributed by atoms with Gasteiger partial charge in [-0.05, 0) is 56.9 Å². The summed E-state index contributed by atoms with van der Waals surface area (Å²) in [7, 11) is 1.61. The van der Waals surface area contributed by atoms with Gasteiger partial charge in [-0.2, -0.15) is 0 Å². The molecule has 0 saturated heterocycles. The van der Waals surface area contributed by atoms with E-state index in [2.05, 4.69) is 20.3 Å². The number of carbonyl (C=O) groups is 1. The second kappa shape index (κ2) is 10.6. The lowest BCUT2D eigenvalue weighted by Crippen LogP contribution is -2.32. The molecule has 5 aromatic rings. The summed E-state index contributed by atoms with van der Waals surface area (Å²) in [5, 5.41) is 4.30. The van der Waals surface area contributed by atoms with E-state index in [1.165, 1.54) is 29.8 Å². The Morgan fingerprint density at radius 3 is 2.65 bits per heavy atom. The molecule has 206 valence electrons. The molecule has 1 aliphatic rings. The molecule has 0 radical (unpaired) electrons. The maximum atomic E-state index is 15.2. The van der Waals surface area contributed by atoms with Crippen LogP contribution in [0.1, 0.15) is 32.1 Å². The number of halogens is 1.